The van der Waals surface area contributed by atoms with Crippen LogP contribution in [0.1, 0.15) is 47.8 Å². The van der Waals surface area contributed by atoms with E-state index in [1.807, 2.05) is 16.3 Å². The van der Waals surface area contributed by atoms with Crippen molar-refractivity contribution in [2.45, 2.75) is 51.2 Å². The number of nitrogens with two attached hydrogens (primary N) is 1. The molecule has 2 aliphatic rings. The van der Waals surface area contributed by atoms with Crippen LogP contribution in [0.2, 0.25) is 0 Å². The average Bonchev–Trinajstić information content (AvgIpc) is 3.02. The number of thiophene rings is 1. The molecule has 2 heterocycles. The molecule has 120 valence electrons. The van der Waals surface area contributed by atoms with Crippen LogP contribution in [0.5, 0.6) is 0 Å². The third-order valence-corrected chi connectivity index (χ3v) is 5.52. The van der Waals surface area contributed by atoms with Crippen LogP contribution in [0.25, 0.3) is 0 Å². The molecular weight excluding hydrogens is 298 g/mol. The van der Waals surface area contributed by atoms with Gasteiger partial charge in [-0.3, -0.25) is 14.5 Å². The van der Waals surface area contributed by atoms with Crippen LogP contribution in [-0.4, -0.2) is 46.8 Å². The lowest BCUT2D eigenvalue weighted by molar-refractivity contribution is -0.130. The summed E-state index contributed by atoms with van der Waals surface area (Å²) in [6.45, 7) is 4.42. The quantitative estimate of drug-likeness (QED) is 0.869. The predicted octanol–water partition coefficient (Wildman–Crippen LogP) is 1.82. The monoisotopic (exact) mass is 321 g/mol. The number of hydrogen-bond donors (Lipinski definition) is 1. The second-order valence-corrected chi connectivity index (χ2v) is 7.33. The van der Waals surface area contributed by atoms with E-state index in [0.29, 0.717) is 17.6 Å². The first-order valence-corrected chi connectivity index (χ1v) is 8.81. The lowest BCUT2D eigenvalue weighted by Crippen LogP contribution is -2.43. The van der Waals surface area contributed by atoms with Gasteiger partial charge in [-0.25, -0.2) is 0 Å². The molecule has 6 heteroatoms. The zero-order chi connectivity index (χ0) is 15.7. The Labute approximate surface area is 135 Å². The molecule has 0 spiro atoms. The van der Waals surface area contributed by atoms with Gasteiger partial charge >= 0.3 is 0 Å². The number of likely N-dealkylation sites (tertiary alicyclic amines) is 1. The highest BCUT2D eigenvalue weighted by molar-refractivity contribution is 7.10. The van der Waals surface area contributed by atoms with E-state index in [1.165, 1.54) is 11.3 Å². The number of primary amides is 1. The zero-order valence-corrected chi connectivity index (χ0v) is 13.8. The van der Waals surface area contributed by atoms with Crippen molar-refractivity contribution in [1.82, 2.24) is 9.80 Å². The Hall–Kier alpha value is -1.40. The summed E-state index contributed by atoms with van der Waals surface area (Å²) in [4.78, 5) is 28.7. The maximum absolute atomic E-state index is 11.8. The lowest BCUT2D eigenvalue weighted by atomic mass is 10.2. The van der Waals surface area contributed by atoms with Gasteiger partial charge < -0.3 is 10.6 Å². The molecule has 22 heavy (non-hydrogen) atoms. The molecule has 1 aromatic heterocycles. The van der Waals surface area contributed by atoms with Crippen LogP contribution < -0.4 is 5.73 Å². The predicted molar refractivity (Wildman–Crippen MR) is 86.7 cm³/mol. The summed E-state index contributed by atoms with van der Waals surface area (Å²) in [5.74, 6) is -0.168. The highest BCUT2D eigenvalue weighted by Gasteiger charge is 2.35. The molecular formula is C16H23N3O2S. The van der Waals surface area contributed by atoms with E-state index in [4.69, 9.17) is 5.73 Å². The summed E-state index contributed by atoms with van der Waals surface area (Å²) in [6, 6.07) is 2.80. The second kappa shape index (κ2) is 6.38. The molecule has 0 aromatic carbocycles. The summed E-state index contributed by atoms with van der Waals surface area (Å²) < 4.78 is 0. The third-order valence-electron chi connectivity index (χ3n) is 4.60. The van der Waals surface area contributed by atoms with E-state index < -0.39 is 0 Å². The van der Waals surface area contributed by atoms with Crippen LogP contribution in [-0.2, 0) is 11.3 Å². The Morgan fingerprint density at radius 3 is 2.77 bits per heavy atom. The van der Waals surface area contributed by atoms with E-state index >= 15 is 0 Å². The normalized spacial score (nSPS) is 22.0. The van der Waals surface area contributed by atoms with Crippen LogP contribution >= 0.6 is 11.3 Å². The molecule has 5 nitrogen and oxygen atoms in total. The molecule has 1 aliphatic heterocycles. The molecule has 1 saturated carbocycles. The molecule has 1 aliphatic carbocycles. The summed E-state index contributed by atoms with van der Waals surface area (Å²) >= 11 is 1.59. The number of carbonyl (C=O) groups excluding carboxylic acids is 2. The van der Waals surface area contributed by atoms with Gasteiger partial charge in [0.15, 0.2) is 0 Å². The van der Waals surface area contributed by atoms with Crippen molar-refractivity contribution in [3.8, 4) is 0 Å². The van der Waals surface area contributed by atoms with Crippen molar-refractivity contribution in [2.24, 2.45) is 5.73 Å². The van der Waals surface area contributed by atoms with Gasteiger partial charge in [-0.15, -0.1) is 11.3 Å². The van der Waals surface area contributed by atoms with Gasteiger partial charge in [0, 0.05) is 42.4 Å². The van der Waals surface area contributed by atoms with Crippen molar-refractivity contribution in [3.05, 3.63) is 21.9 Å². The molecule has 2 N–H and O–H groups in total. The van der Waals surface area contributed by atoms with Crippen LogP contribution in [0.4, 0.5) is 0 Å². The summed E-state index contributed by atoms with van der Waals surface area (Å²) in [7, 11) is 0. The van der Waals surface area contributed by atoms with Gasteiger partial charge in [-0.1, -0.05) is 0 Å². The number of carbonyl (C=O) groups is 2. The van der Waals surface area contributed by atoms with Crippen molar-refractivity contribution in [1.29, 1.82) is 0 Å². The van der Waals surface area contributed by atoms with E-state index in [0.717, 1.165) is 38.9 Å². The topological polar surface area (TPSA) is 66.6 Å². The van der Waals surface area contributed by atoms with Gasteiger partial charge in [0.2, 0.25) is 11.8 Å². The molecule has 0 unspecified atom stereocenters. The Kier molecular flexibility index (Phi) is 4.49. The molecule has 3 rings (SSSR count). The van der Waals surface area contributed by atoms with Crippen molar-refractivity contribution in [2.75, 3.05) is 13.1 Å². The fourth-order valence-electron chi connectivity index (χ4n) is 3.25. The number of rotatable bonds is 6. The first kappa shape index (κ1) is 15.5. The number of hydrogen-bond acceptors (Lipinski definition) is 4. The minimum absolute atomic E-state index is 0.196. The largest absolute Gasteiger partial charge is 0.366 e. The van der Waals surface area contributed by atoms with Crippen LogP contribution in [0, 0.1) is 0 Å². The maximum atomic E-state index is 11.8. The lowest BCUT2D eigenvalue weighted by Gasteiger charge is -2.30. The van der Waals surface area contributed by atoms with E-state index in [2.05, 4.69) is 4.90 Å². The molecule has 1 atom stereocenters. The first-order valence-electron chi connectivity index (χ1n) is 7.93. The van der Waals surface area contributed by atoms with Crippen molar-refractivity contribution in [3.63, 3.8) is 0 Å². The molecule has 1 aromatic rings. The fraction of sp³-hybridized carbons (Fsp3) is 0.625. The summed E-state index contributed by atoms with van der Waals surface area (Å²) in [5, 5.41) is 1.83. The molecule has 0 radical (unpaired) electrons. The van der Waals surface area contributed by atoms with Gasteiger partial charge in [0.1, 0.15) is 0 Å². The molecule has 2 amide bonds. The highest BCUT2D eigenvalue weighted by atomic mass is 32.1. The summed E-state index contributed by atoms with van der Waals surface area (Å²) in [6.07, 6.45) is 4.62. The minimum Gasteiger partial charge on any atom is -0.366 e. The van der Waals surface area contributed by atoms with E-state index in [-0.39, 0.29) is 11.8 Å². The van der Waals surface area contributed by atoms with Gasteiger partial charge in [0.05, 0.1) is 5.56 Å². The smallest absolute Gasteiger partial charge is 0.249 e. The van der Waals surface area contributed by atoms with Crippen LogP contribution in [0.15, 0.2) is 11.4 Å². The second-order valence-electron chi connectivity index (χ2n) is 6.34. The number of nitrogens with zero attached hydrogens (tertiary/aromatic N) is 2. The summed E-state index contributed by atoms with van der Waals surface area (Å²) in [5.41, 5.74) is 5.91. The van der Waals surface area contributed by atoms with E-state index in [1.54, 1.807) is 18.3 Å². The van der Waals surface area contributed by atoms with Crippen molar-refractivity contribution >= 4 is 23.2 Å². The van der Waals surface area contributed by atoms with Gasteiger partial charge in [-0.2, -0.15) is 0 Å². The molecule has 0 bridgehead atoms. The van der Waals surface area contributed by atoms with Gasteiger partial charge in [0.25, 0.3) is 0 Å². The minimum atomic E-state index is -0.364. The highest BCUT2D eigenvalue weighted by Crippen LogP contribution is 2.30. The average molecular weight is 321 g/mol. The maximum Gasteiger partial charge on any atom is 0.249 e. The van der Waals surface area contributed by atoms with Gasteiger partial charge in [-0.05, 0) is 38.3 Å². The Morgan fingerprint density at radius 1 is 1.41 bits per heavy atom. The Balaban J connectivity index is 1.62. The number of amides is 2. The van der Waals surface area contributed by atoms with E-state index in [9.17, 15) is 9.59 Å². The zero-order valence-electron chi connectivity index (χ0n) is 13.0. The fourth-order valence-corrected chi connectivity index (χ4v) is 4.15. The SMILES string of the molecule is CC(=O)N(C[C@@H]1CCCN1Cc1cc(C(N)=O)cs1)C1CC1. The standard InChI is InChI=1S/C16H23N3O2S/c1-11(20)19(13-4-5-13)8-14-3-2-6-18(14)9-15-7-12(10-22-15)16(17)21/h7,10,13-14H,2-6,8-9H2,1H3,(H2,17,21)/t14-/m0/s1. The third kappa shape index (κ3) is 3.50. The Bertz CT molecular complexity index is 567. The molecule has 2 fully saturated rings. The van der Waals surface area contributed by atoms with Crippen molar-refractivity contribution < 1.29 is 9.59 Å². The van der Waals surface area contributed by atoms with Crippen LogP contribution in [0.3, 0.4) is 0 Å². The molecule has 1 saturated heterocycles. The Morgan fingerprint density at radius 2 is 2.18 bits per heavy atom. The first-order chi connectivity index (χ1) is 10.5.